The molecule has 1 saturated heterocycles. The maximum Gasteiger partial charge on any atom is 0.316 e. The molecule has 35 heavy (non-hydrogen) atoms. The molecule has 0 saturated carbocycles. The maximum absolute atomic E-state index is 13.2. The van der Waals surface area contributed by atoms with Crippen LogP contribution in [-0.4, -0.2) is 55.8 Å². The highest BCUT2D eigenvalue weighted by Crippen LogP contribution is 2.44. The number of benzene rings is 2. The number of carbonyl (C=O) groups excluding carboxylic acids is 1. The molecule has 1 heterocycles. The summed E-state index contributed by atoms with van der Waals surface area (Å²) in [5, 5.41) is 11.8. The van der Waals surface area contributed by atoms with Crippen LogP contribution in [0.3, 0.4) is 0 Å². The minimum atomic E-state index is -0.766. The van der Waals surface area contributed by atoms with E-state index in [2.05, 4.69) is 0 Å². The lowest BCUT2D eigenvalue weighted by molar-refractivity contribution is -0.198. The van der Waals surface area contributed by atoms with Crippen LogP contribution in [0.4, 0.5) is 0 Å². The fourth-order valence-electron chi connectivity index (χ4n) is 4.58. The van der Waals surface area contributed by atoms with E-state index in [9.17, 15) is 10.0 Å². The molecular weight excluding hydrogens is 450 g/mol. The Bertz CT molecular complexity index is 1080. The third-order valence-electron chi connectivity index (χ3n) is 6.51. The molecule has 0 bridgehead atoms. The van der Waals surface area contributed by atoms with Gasteiger partial charge in [-0.3, -0.25) is 4.79 Å². The Morgan fingerprint density at radius 1 is 0.857 bits per heavy atom. The molecule has 1 aliphatic rings. The number of methoxy groups -OCH3 is 4. The minimum absolute atomic E-state index is 0.314. The molecule has 1 atom stereocenters. The van der Waals surface area contributed by atoms with E-state index in [1.165, 1.54) is 12.2 Å². The zero-order valence-electron chi connectivity index (χ0n) is 21.7. The smallest absolute Gasteiger partial charge is 0.316 e. The van der Waals surface area contributed by atoms with Crippen molar-refractivity contribution >= 4 is 18.1 Å². The van der Waals surface area contributed by atoms with Crippen molar-refractivity contribution in [2.45, 2.75) is 45.2 Å². The molecule has 0 amide bonds. The summed E-state index contributed by atoms with van der Waals surface area (Å²) in [6.07, 6.45) is 4.25. The number of rotatable bonds is 8. The first-order valence-corrected chi connectivity index (χ1v) is 11.4. The molecule has 0 aliphatic carbocycles. The van der Waals surface area contributed by atoms with Gasteiger partial charge in [0.2, 0.25) is 5.75 Å². The van der Waals surface area contributed by atoms with Crippen molar-refractivity contribution in [3.05, 3.63) is 41.5 Å². The van der Waals surface area contributed by atoms with Crippen LogP contribution in [0.1, 0.15) is 45.2 Å². The number of carbonyl (C=O) groups is 1. The molecule has 1 aliphatic heterocycles. The van der Waals surface area contributed by atoms with Crippen molar-refractivity contribution in [1.29, 1.82) is 0 Å². The topological polar surface area (TPSA) is 86.7 Å². The Morgan fingerprint density at radius 2 is 1.40 bits per heavy atom. The second-order valence-corrected chi connectivity index (χ2v) is 9.66. The summed E-state index contributed by atoms with van der Waals surface area (Å²) in [6, 6.07) is 9.04. The van der Waals surface area contributed by atoms with Crippen LogP contribution in [0.5, 0.6) is 28.7 Å². The summed E-state index contributed by atoms with van der Waals surface area (Å²) < 4.78 is 27.4. The number of hydrogen-bond acceptors (Lipinski definition) is 8. The van der Waals surface area contributed by atoms with Crippen LogP contribution in [0.2, 0.25) is 0 Å². The Balaban J connectivity index is 1.87. The van der Waals surface area contributed by atoms with Crippen LogP contribution >= 0.6 is 0 Å². The van der Waals surface area contributed by atoms with Gasteiger partial charge in [-0.25, -0.2) is 0 Å². The van der Waals surface area contributed by atoms with Gasteiger partial charge >= 0.3 is 5.97 Å². The van der Waals surface area contributed by atoms with E-state index in [0.717, 1.165) is 11.1 Å². The normalized spacial score (nSPS) is 18.9. The molecule has 8 heteroatoms. The van der Waals surface area contributed by atoms with Gasteiger partial charge in [-0.2, -0.15) is 5.06 Å². The second-order valence-electron chi connectivity index (χ2n) is 9.66. The molecule has 2 aromatic rings. The first-order valence-electron chi connectivity index (χ1n) is 11.4. The molecule has 1 N–H and O–H groups in total. The Hall–Kier alpha value is -3.23. The van der Waals surface area contributed by atoms with Gasteiger partial charge in [0, 0.05) is 5.54 Å². The first-order chi connectivity index (χ1) is 16.5. The quantitative estimate of drug-likeness (QED) is 0.315. The standard InChI is InChI=1S/C27H35NO7/c1-26(2)16-19(27(3,4)28(26)30)25(29)35-21-13-17(11-12-20(21)31-5)9-10-18-14-22(32-6)24(34-8)23(15-18)33-7/h9-15,19,30H,16H2,1-8H3/b10-9-. The second kappa shape index (κ2) is 10.2. The summed E-state index contributed by atoms with van der Waals surface area (Å²) >= 11 is 0. The van der Waals surface area contributed by atoms with Gasteiger partial charge in [0.25, 0.3) is 0 Å². The highest BCUT2D eigenvalue weighted by Gasteiger charge is 2.55. The van der Waals surface area contributed by atoms with Crippen molar-refractivity contribution in [3.63, 3.8) is 0 Å². The van der Waals surface area contributed by atoms with Crippen LogP contribution in [0, 0.1) is 5.92 Å². The van der Waals surface area contributed by atoms with Crippen LogP contribution in [-0.2, 0) is 4.79 Å². The number of ether oxygens (including phenoxy) is 5. The lowest BCUT2D eigenvalue weighted by atomic mass is 9.87. The van der Waals surface area contributed by atoms with Crippen molar-refractivity contribution in [1.82, 2.24) is 5.06 Å². The molecule has 2 aromatic carbocycles. The summed E-state index contributed by atoms with van der Waals surface area (Å²) in [6.45, 7) is 7.47. The summed E-state index contributed by atoms with van der Waals surface area (Å²) in [4.78, 5) is 13.2. The van der Waals surface area contributed by atoms with Gasteiger partial charge in [0.05, 0.1) is 39.9 Å². The van der Waals surface area contributed by atoms with Crippen LogP contribution in [0.25, 0.3) is 12.2 Å². The Labute approximate surface area is 207 Å². The maximum atomic E-state index is 13.2. The fourth-order valence-corrected chi connectivity index (χ4v) is 4.58. The van der Waals surface area contributed by atoms with E-state index in [0.29, 0.717) is 35.2 Å². The molecule has 0 radical (unpaired) electrons. The van der Waals surface area contributed by atoms with Gasteiger partial charge in [0.15, 0.2) is 23.0 Å². The van der Waals surface area contributed by atoms with Crippen LogP contribution in [0.15, 0.2) is 30.3 Å². The van der Waals surface area contributed by atoms with Crippen molar-refractivity contribution < 1.29 is 33.7 Å². The number of hydrogen-bond donors (Lipinski definition) is 1. The number of nitrogens with zero attached hydrogens (tertiary/aromatic N) is 1. The predicted octanol–water partition coefficient (Wildman–Crippen LogP) is 5.07. The zero-order valence-corrected chi connectivity index (χ0v) is 21.7. The van der Waals surface area contributed by atoms with E-state index in [1.54, 1.807) is 33.5 Å². The highest BCUT2D eigenvalue weighted by atomic mass is 16.6. The molecule has 1 unspecified atom stereocenters. The summed E-state index contributed by atoms with van der Waals surface area (Å²) in [5.74, 6) is 1.46. The average Bonchev–Trinajstić information content (AvgIpc) is 3.00. The van der Waals surface area contributed by atoms with E-state index < -0.39 is 23.0 Å². The van der Waals surface area contributed by atoms with Crippen molar-refractivity contribution in [3.8, 4) is 28.7 Å². The third kappa shape index (κ3) is 5.23. The molecule has 0 aromatic heterocycles. The SMILES string of the molecule is COc1ccc(/C=C\c2cc(OC)c(OC)c(OC)c2)cc1OC(=O)C1CC(C)(C)N(O)C1(C)C. The molecule has 190 valence electrons. The van der Waals surface area contributed by atoms with Gasteiger partial charge in [-0.15, -0.1) is 0 Å². The molecule has 8 nitrogen and oxygen atoms in total. The van der Waals surface area contributed by atoms with E-state index >= 15 is 0 Å². The predicted molar refractivity (Wildman–Crippen MR) is 134 cm³/mol. The first kappa shape index (κ1) is 26.4. The highest BCUT2D eigenvalue weighted by molar-refractivity contribution is 5.79. The number of esters is 1. The van der Waals surface area contributed by atoms with Gasteiger partial charge in [-0.05, 0) is 69.5 Å². The average molecular weight is 486 g/mol. The zero-order chi connectivity index (χ0) is 26.0. The molecular formula is C27H35NO7. The van der Waals surface area contributed by atoms with E-state index in [4.69, 9.17) is 23.7 Å². The lowest BCUT2D eigenvalue weighted by Gasteiger charge is -2.35. The Kier molecular flexibility index (Phi) is 7.67. The van der Waals surface area contributed by atoms with Crippen molar-refractivity contribution in [2.24, 2.45) is 5.92 Å². The largest absolute Gasteiger partial charge is 0.493 e. The van der Waals surface area contributed by atoms with Crippen LogP contribution < -0.4 is 23.7 Å². The van der Waals surface area contributed by atoms with Gasteiger partial charge < -0.3 is 28.9 Å². The third-order valence-corrected chi connectivity index (χ3v) is 6.51. The molecule has 3 rings (SSSR count). The Morgan fingerprint density at radius 3 is 1.89 bits per heavy atom. The van der Waals surface area contributed by atoms with E-state index in [1.807, 2.05) is 58.0 Å². The number of hydroxylamine groups is 2. The summed E-state index contributed by atoms with van der Waals surface area (Å²) in [7, 11) is 6.22. The minimum Gasteiger partial charge on any atom is -0.493 e. The van der Waals surface area contributed by atoms with Gasteiger partial charge in [-0.1, -0.05) is 18.2 Å². The summed E-state index contributed by atoms with van der Waals surface area (Å²) in [5.41, 5.74) is 0.337. The molecule has 0 spiro atoms. The van der Waals surface area contributed by atoms with E-state index in [-0.39, 0.29) is 0 Å². The molecule has 1 fully saturated rings. The van der Waals surface area contributed by atoms with Crippen molar-refractivity contribution in [2.75, 3.05) is 28.4 Å². The monoisotopic (exact) mass is 485 g/mol. The fraction of sp³-hybridized carbons (Fsp3) is 0.444. The van der Waals surface area contributed by atoms with Gasteiger partial charge in [0.1, 0.15) is 0 Å². The lowest BCUT2D eigenvalue weighted by Crippen LogP contribution is -2.48.